The van der Waals surface area contributed by atoms with Crippen molar-refractivity contribution in [3.63, 3.8) is 0 Å². The molecule has 3 saturated carbocycles. The van der Waals surface area contributed by atoms with Gasteiger partial charge in [-0.1, -0.05) is 46.3 Å². The summed E-state index contributed by atoms with van der Waals surface area (Å²) in [6.07, 6.45) is -7.68. The van der Waals surface area contributed by atoms with Crippen molar-refractivity contribution in [2.75, 3.05) is 0 Å². The van der Waals surface area contributed by atoms with E-state index in [0.717, 1.165) is 5.57 Å². The van der Waals surface area contributed by atoms with Gasteiger partial charge in [-0.15, -0.1) is 0 Å². The van der Waals surface area contributed by atoms with Crippen LogP contribution >= 0.6 is 0 Å². The quantitative estimate of drug-likeness (QED) is 0.0524. The first kappa shape index (κ1) is 40.9. The van der Waals surface area contributed by atoms with Crippen molar-refractivity contribution >= 4 is 16.4 Å². The summed E-state index contributed by atoms with van der Waals surface area (Å²) in [5, 5.41) is 63.7. The van der Waals surface area contributed by atoms with Gasteiger partial charge in [-0.25, -0.2) is 13.2 Å². The zero-order valence-corrected chi connectivity index (χ0v) is 32.7. The normalized spacial score (nSPS) is 49.9. The fraction of sp³-hybridized carbons (Fsp3) is 0.912. The van der Waals surface area contributed by atoms with Crippen LogP contribution in [0.15, 0.2) is 11.6 Å². The number of hydrogen-bond donors (Lipinski definition) is 6. The molecule has 6 N–H and O–H groups in total. The first-order valence-corrected chi connectivity index (χ1v) is 18.9. The predicted octanol–water partition coefficient (Wildman–Crippen LogP) is -1.92. The van der Waals surface area contributed by atoms with E-state index < -0.39 is 93.8 Å². The number of carboxylic acids is 1. The average Bonchev–Trinajstić information content (AvgIpc) is 3.46. The zero-order valence-electron chi connectivity index (χ0n) is 29.9. The van der Waals surface area contributed by atoms with E-state index in [-0.39, 0.29) is 78.1 Å². The number of ether oxygens (including phenoxy) is 3. The fourth-order valence-electron chi connectivity index (χ4n) is 11.0. The van der Waals surface area contributed by atoms with Crippen molar-refractivity contribution in [3.05, 3.63) is 11.6 Å². The third kappa shape index (κ3) is 6.71. The Labute approximate surface area is 316 Å². The van der Waals surface area contributed by atoms with E-state index in [0.29, 0.717) is 25.7 Å². The molecule has 3 unspecified atom stereocenters. The number of rotatable bonds is 8. The summed E-state index contributed by atoms with van der Waals surface area (Å²) in [7, 11) is -5.12. The predicted molar refractivity (Wildman–Crippen MR) is 169 cm³/mol. The van der Waals surface area contributed by atoms with Gasteiger partial charge in [-0.2, -0.15) is 0 Å². The van der Waals surface area contributed by atoms with Gasteiger partial charge < -0.3 is 49.4 Å². The van der Waals surface area contributed by atoms with Crippen LogP contribution in [-0.4, -0.2) is 116 Å². The fourth-order valence-corrected chi connectivity index (χ4v) is 11.5. The molecule has 0 aromatic carbocycles. The van der Waals surface area contributed by atoms with Crippen LogP contribution in [0.5, 0.6) is 0 Å². The van der Waals surface area contributed by atoms with E-state index in [1.165, 1.54) is 0 Å². The summed E-state index contributed by atoms with van der Waals surface area (Å²) < 4.78 is 59.5. The molecule has 0 spiro atoms. The smallest absolute Gasteiger partial charge is 0.726 e. The van der Waals surface area contributed by atoms with E-state index in [4.69, 9.17) is 18.4 Å². The summed E-state index contributed by atoms with van der Waals surface area (Å²) >= 11 is 0. The number of aliphatic hydroxyl groups excluding tert-OH is 4. The molecule has 0 radical (unpaired) electrons. The Kier molecular flexibility index (Phi) is 11.6. The Hall–Kier alpha value is -0.240. The second-order valence-corrected chi connectivity index (χ2v) is 17.8. The largest absolute Gasteiger partial charge is 1.00 e. The van der Waals surface area contributed by atoms with Crippen LogP contribution in [0.4, 0.5) is 0 Å². The molecule has 0 amide bonds. The molecule has 2 saturated heterocycles. The molecule has 0 aromatic rings. The maximum atomic E-state index is 12.1. The Morgan fingerprint density at radius 2 is 1.68 bits per heavy atom. The van der Waals surface area contributed by atoms with E-state index in [9.17, 15) is 48.4 Å². The minimum atomic E-state index is -5.12. The first-order chi connectivity index (χ1) is 22.6. The molecule has 6 aliphatic rings. The number of carbonyl (C=O) groups is 1. The summed E-state index contributed by atoms with van der Waals surface area (Å²) in [5.41, 5.74) is -1.22. The van der Waals surface area contributed by atoms with E-state index >= 15 is 0 Å². The minimum Gasteiger partial charge on any atom is -0.726 e. The van der Waals surface area contributed by atoms with Gasteiger partial charge in [-0.05, 0) is 85.9 Å². The molecule has 2 heterocycles. The topological polar surface area (TPSA) is 233 Å². The molecule has 5 fully saturated rings. The van der Waals surface area contributed by atoms with E-state index in [2.05, 4.69) is 13.0 Å². The van der Waals surface area contributed by atoms with Crippen LogP contribution in [0.25, 0.3) is 0 Å². The van der Waals surface area contributed by atoms with Crippen molar-refractivity contribution in [3.8, 4) is 0 Å². The maximum absolute atomic E-state index is 12.1. The molecule has 50 heavy (non-hydrogen) atoms. The summed E-state index contributed by atoms with van der Waals surface area (Å²) in [6, 6.07) is 0. The molecular formula is C34H53NaO14S. The van der Waals surface area contributed by atoms with Crippen LogP contribution in [0.2, 0.25) is 0 Å². The number of hydrogen-bond acceptors (Lipinski definition) is 13. The summed E-state index contributed by atoms with van der Waals surface area (Å²) in [5.74, 6) is -2.43. The Balaban J connectivity index is 0.00000486. The molecular weight excluding hydrogens is 687 g/mol. The number of fused-ring (bicyclic) bond motifs is 7. The van der Waals surface area contributed by atoms with Crippen LogP contribution in [0, 0.1) is 46.3 Å². The number of aliphatic carboxylic acids is 1. The van der Waals surface area contributed by atoms with Crippen molar-refractivity contribution in [2.24, 2.45) is 46.3 Å². The molecule has 0 aromatic heterocycles. The first-order valence-electron chi connectivity index (χ1n) is 17.6. The standard InChI is InChI=1S/C34H54O14S.Na/c1-14(2)15(3)23(35)29-34(6,41)28-22(46-29)13-19-17-12-21(48-49(42,43)44)20-11-16(7-9-32(20,4)18(17)8-10-33(19,28)5)45-31-26(38)24(36)25(37)27(47-31)30(39)40;/h8,14-17,19-29,31,35-38,41H,7,9-13H2,1-6H3,(H,39,40)(H,42,43,44);/q;+1/p-1/t15-,16+,17?,19?,20?,21+,22+,23+,24+,25+,26-,27+,28+,29+,31-,32-,33+,34-;/m1./s1. The van der Waals surface area contributed by atoms with Crippen LogP contribution in [0.3, 0.4) is 0 Å². The molecule has 6 rings (SSSR count). The van der Waals surface area contributed by atoms with Gasteiger partial charge in [0.25, 0.3) is 0 Å². The van der Waals surface area contributed by atoms with E-state index in [1.807, 2.05) is 27.7 Å². The SMILES string of the molecule is CC(C)[C@@H](C)[C@H](O)[C@@H]1O[C@H]2CC3C4C[C@H](OS(=O)(=O)[O-])C5C[C@@H](O[C@@H]6O[C@H](C(=O)O)[C@@H](O)[C@H](O)[C@H]6O)CC[C@]5(C)C4=CC[C@]3(C)[C@H]2[C@@]1(C)O.[Na+]. The average molecular weight is 741 g/mol. The van der Waals surface area contributed by atoms with Crippen LogP contribution < -0.4 is 29.6 Å². The van der Waals surface area contributed by atoms with Crippen molar-refractivity contribution in [1.29, 1.82) is 0 Å². The van der Waals surface area contributed by atoms with Crippen molar-refractivity contribution < 1.29 is 96.4 Å². The molecule has 0 bridgehead atoms. The van der Waals surface area contributed by atoms with Gasteiger partial charge in [0, 0.05) is 5.92 Å². The molecule has 2 aliphatic heterocycles. The Bertz CT molecular complexity index is 1420. The van der Waals surface area contributed by atoms with Gasteiger partial charge >= 0.3 is 35.5 Å². The van der Waals surface area contributed by atoms with Gasteiger partial charge in [0.1, 0.15) is 24.4 Å². The van der Waals surface area contributed by atoms with Gasteiger partial charge in [0.2, 0.25) is 10.4 Å². The number of carboxylic acid groups (broad SMARTS) is 1. The van der Waals surface area contributed by atoms with Gasteiger partial charge in [0.05, 0.1) is 30.0 Å². The Morgan fingerprint density at radius 1 is 1.02 bits per heavy atom. The van der Waals surface area contributed by atoms with Crippen molar-refractivity contribution in [1.82, 2.24) is 0 Å². The number of allylic oxidation sites excluding steroid dienone is 2. The molecule has 18 atom stereocenters. The van der Waals surface area contributed by atoms with Gasteiger partial charge in [0.15, 0.2) is 12.4 Å². The molecule has 4 aliphatic carbocycles. The maximum Gasteiger partial charge on any atom is 1.00 e. The van der Waals surface area contributed by atoms with E-state index in [1.54, 1.807) is 6.92 Å². The summed E-state index contributed by atoms with van der Waals surface area (Å²) in [6.45, 7) is 11.9. The molecule has 16 heteroatoms. The monoisotopic (exact) mass is 740 g/mol. The summed E-state index contributed by atoms with van der Waals surface area (Å²) in [4.78, 5) is 11.6. The van der Waals surface area contributed by atoms with Crippen LogP contribution in [0.1, 0.15) is 80.1 Å². The second-order valence-electron chi connectivity index (χ2n) is 16.8. The molecule has 280 valence electrons. The zero-order chi connectivity index (χ0) is 36.2. The van der Waals surface area contributed by atoms with Crippen LogP contribution in [-0.2, 0) is 33.6 Å². The number of aliphatic hydroxyl groups is 5. The molecule has 14 nitrogen and oxygen atoms in total. The van der Waals surface area contributed by atoms with Gasteiger partial charge in [-0.3, -0.25) is 4.18 Å². The third-order valence-corrected chi connectivity index (χ3v) is 14.3. The Morgan fingerprint density at radius 3 is 2.28 bits per heavy atom. The third-order valence-electron chi connectivity index (χ3n) is 13.8. The second kappa shape index (κ2) is 14.1. The van der Waals surface area contributed by atoms with Crippen molar-refractivity contribution in [2.45, 2.75) is 147 Å². The minimum absolute atomic E-state index is 0.